The molecule has 0 fully saturated rings. The molecule has 1 rings (SSSR count). The van der Waals surface area contributed by atoms with Crippen molar-refractivity contribution < 1.29 is 16.8 Å². The van der Waals surface area contributed by atoms with Crippen molar-refractivity contribution in [2.24, 2.45) is 0 Å². The van der Waals surface area contributed by atoms with Gasteiger partial charge in [0.05, 0.1) is 17.3 Å². The molecule has 2 N–H and O–H groups in total. The molecule has 0 saturated heterocycles. The largest absolute Gasteiger partial charge is 0.399 e. The summed E-state index contributed by atoms with van der Waals surface area (Å²) in [6, 6.07) is 4.53. The van der Waals surface area contributed by atoms with Crippen LogP contribution in [-0.2, 0) is 25.4 Å². The highest BCUT2D eigenvalue weighted by Crippen LogP contribution is 2.21. The van der Waals surface area contributed by atoms with E-state index < -0.39 is 25.4 Å². The summed E-state index contributed by atoms with van der Waals surface area (Å²) in [5.41, 5.74) is 6.35. The predicted octanol–water partition coefficient (Wildman–Crippen LogP) is 0.882. The summed E-state index contributed by atoms with van der Waals surface area (Å²) in [4.78, 5) is 0. The Morgan fingerprint density at radius 2 is 1.78 bits per heavy atom. The highest BCUT2D eigenvalue weighted by Gasteiger charge is 2.17. The Hall–Kier alpha value is -0.790. The van der Waals surface area contributed by atoms with Gasteiger partial charge in [-0.2, -0.15) is 0 Å². The van der Waals surface area contributed by atoms with Crippen molar-refractivity contribution in [3.8, 4) is 0 Å². The number of nitrogen functional groups attached to an aromatic ring is 1. The lowest BCUT2D eigenvalue weighted by Crippen LogP contribution is -2.17. The van der Waals surface area contributed by atoms with Gasteiger partial charge in [-0.05, 0) is 17.7 Å². The minimum Gasteiger partial charge on any atom is -0.399 e. The zero-order valence-electron chi connectivity index (χ0n) is 9.76. The zero-order chi connectivity index (χ0) is 14.0. The molecule has 0 atom stereocenters. The van der Waals surface area contributed by atoms with E-state index in [1.807, 2.05) is 0 Å². The number of nitrogens with two attached hydrogens (primary N) is 1. The topological polar surface area (TPSA) is 94.3 Å². The Morgan fingerprint density at radius 3 is 2.28 bits per heavy atom. The van der Waals surface area contributed by atoms with Gasteiger partial charge in [0, 0.05) is 17.0 Å². The average Bonchev–Trinajstić information content (AvgIpc) is 2.19. The normalized spacial score (nSPS) is 12.6. The van der Waals surface area contributed by atoms with Gasteiger partial charge in [-0.25, -0.2) is 16.8 Å². The first-order chi connectivity index (χ1) is 8.09. The number of hydrogen-bond acceptors (Lipinski definition) is 5. The third-order valence-electron chi connectivity index (χ3n) is 2.22. The first kappa shape index (κ1) is 15.3. The maximum atomic E-state index is 11.7. The number of rotatable bonds is 5. The monoisotopic (exact) mass is 311 g/mol. The third-order valence-corrected chi connectivity index (χ3v) is 5.35. The standard InChI is InChI=1S/C10H14ClNO4S2/c1-17(13,14)4-5-18(15,16)7-8-2-3-9(12)6-10(8)11/h2-3,6H,4-5,7,12H2,1H3. The van der Waals surface area contributed by atoms with E-state index in [4.69, 9.17) is 17.3 Å². The van der Waals surface area contributed by atoms with Crippen molar-refractivity contribution in [3.05, 3.63) is 28.8 Å². The summed E-state index contributed by atoms with van der Waals surface area (Å²) >= 11 is 5.86. The van der Waals surface area contributed by atoms with E-state index in [1.165, 1.54) is 12.1 Å². The van der Waals surface area contributed by atoms with Crippen molar-refractivity contribution in [2.45, 2.75) is 5.75 Å². The first-order valence-corrected chi connectivity index (χ1v) is 9.27. The minimum atomic E-state index is -3.51. The molecule has 1 aromatic carbocycles. The van der Waals surface area contributed by atoms with E-state index in [2.05, 4.69) is 0 Å². The number of anilines is 1. The number of hydrogen-bond donors (Lipinski definition) is 1. The van der Waals surface area contributed by atoms with E-state index >= 15 is 0 Å². The van der Waals surface area contributed by atoms with Gasteiger partial charge in [0.1, 0.15) is 9.84 Å². The van der Waals surface area contributed by atoms with Crippen LogP contribution in [-0.4, -0.2) is 34.6 Å². The molecule has 0 unspecified atom stereocenters. The van der Waals surface area contributed by atoms with Gasteiger partial charge in [-0.15, -0.1) is 0 Å². The Bertz CT molecular complexity index is 638. The van der Waals surface area contributed by atoms with Crippen LogP contribution in [0.2, 0.25) is 5.02 Å². The second kappa shape index (κ2) is 5.46. The molecule has 0 aliphatic rings. The van der Waals surface area contributed by atoms with Crippen LogP contribution in [0.1, 0.15) is 5.56 Å². The van der Waals surface area contributed by atoms with Gasteiger partial charge >= 0.3 is 0 Å². The van der Waals surface area contributed by atoms with E-state index in [9.17, 15) is 16.8 Å². The first-order valence-electron chi connectivity index (χ1n) is 5.01. The quantitative estimate of drug-likeness (QED) is 0.815. The van der Waals surface area contributed by atoms with Crippen LogP contribution in [0, 0.1) is 0 Å². The highest BCUT2D eigenvalue weighted by molar-refractivity contribution is 7.94. The lowest BCUT2D eigenvalue weighted by atomic mass is 10.2. The number of halogens is 1. The van der Waals surface area contributed by atoms with Crippen LogP contribution in [0.5, 0.6) is 0 Å². The zero-order valence-corrected chi connectivity index (χ0v) is 12.1. The molecule has 0 aliphatic heterocycles. The molecule has 0 amide bonds. The molecule has 0 heterocycles. The number of benzene rings is 1. The van der Waals surface area contributed by atoms with E-state index in [1.54, 1.807) is 6.07 Å². The maximum absolute atomic E-state index is 11.7. The third kappa shape index (κ3) is 5.24. The van der Waals surface area contributed by atoms with Crippen molar-refractivity contribution in [1.29, 1.82) is 0 Å². The predicted molar refractivity (Wildman–Crippen MR) is 73.1 cm³/mol. The molecule has 18 heavy (non-hydrogen) atoms. The molecule has 5 nitrogen and oxygen atoms in total. The molecule has 0 aromatic heterocycles. The van der Waals surface area contributed by atoms with Gasteiger partial charge in [-0.1, -0.05) is 17.7 Å². The fourth-order valence-corrected chi connectivity index (χ4v) is 4.70. The van der Waals surface area contributed by atoms with Gasteiger partial charge in [0.15, 0.2) is 9.84 Å². The lowest BCUT2D eigenvalue weighted by Gasteiger charge is -2.06. The number of sulfone groups is 2. The second-order valence-electron chi connectivity index (χ2n) is 4.07. The molecule has 0 aliphatic carbocycles. The van der Waals surface area contributed by atoms with Crippen LogP contribution < -0.4 is 5.73 Å². The fraction of sp³-hybridized carbons (Fsp3) is 0.400. The van der Waals surface area contributed by atoms with E-state index in [0.29, 0.717) is 11.3 Å². The van der Waals surface area contributed by atoms with Crippen molar-refractivity contribution >= 4 is 37.0 Å². The highest BCUT2D eigenvalue weighted by atomic mass is 35.5. The van der Waals surface area contributed by atoms with Gasteiger partial charge < -0.3 is 5.73 Å². The van der Waals surface area contributed by atoms with Crippen LogP contribution in [0.4, 0.5) is 5.69 Å². The Morgan fingerprint density at radius 1 is 1.17 bits per heavy atom. The molecular formula is C10H14ClNO4S2. The summed E-state index contributed by atoms with van der Waals surface area (Å²) in [5.74, 6) is -1.09. The SMILES string of the molecule is CS(=O)(=O)CCS(=O)(=O)Cc1ccc(N)cc1Cl. The fourth-order valence-electron chi connectivity index (χ4n) is 1.27. The second-order valence-corrected chi connectivity index (χ2v) is 8.92. The van der Waals surface area contributed by atoms with Crippen molar-refractivity contribution in [1.82, 2.24) is 0 Å². The molecule has 102 valence electrons. The molecule has 8 heteroatoms. The Kier molecular flexibility index (Phi) is 4.63. The molecule has 0 spiro atoms. The Labute approximate surface area is 112 Å². The summed E-state index contributed by atoms with van der Waals surface area (Å²) in [7, 11) is -6.81. The summed E-state index contributed by atoms with van der Waals surface area (Å²) < 4.78 is 45.3. The van der Waals surface area contributed by atoms with Crippen molar-refractivity contribution in [3.63, 3.8) is 0 Å². The van der Waals surface area contributed by atoms with Crippen LogP contribution in [0.15, 0.2) is 18.2 Å². The smallest absolute Gasteiger partial charge is 0.155 e. The van der Waals surface area contributed by atoms with Crippen LogP contribution in [0.25, 0.3) is 0 Å². The Balaban J connectivity index is 2.83. The molecule has 0 bridgehead atoms. The van der Waals surface area contributed by atoms with Gasteiger partial charge in [0.2, 0.25) is 0 Å². The average molecular weight is 312 g/mol. The van der Waals surface area contributed by atoms with Crippen LogP contribution >= 0.6 is 11.6 Å². The van der Waals surface area contributed by atoms with Gasteiger partial charge in [-0.3, -0.25) is 0 Å². The summed E-state index contributed by atoms with van der Waals surface area (Å²) in [6.45, 7) is 0. The van der Waals surface area contributed by atoms with E-state index in [0.717, 1.165) is 6.26 Å². The summed E-state index contributed by atoms with van der Waals surface area (Å²) in [6.07, 6.45) is 0.999. The minimum absolute atomic E-state index is 0.262. The van der Waals surface area contributed by atoms with Gasteiger partial charge in [0.25, 0.3) is 0 Å². The molecule has 1 aromatic rings. The summed E-state index contributed by atoms with van der Waals surface area (Å²) in [5, 5.41) is 0.262. The van der Waals surface area contributed by atoms with E-state index in [-0.39, 0.29) is 16.5 Å². The van der Waals surface area contributed by atoms with Crippen molar-refractivity contribution in [2.75, 3.05) is 23.5 Å². The molecular weight excluding hydrogens is 298 g/mol. The molecule has 0 radical (unpaired) electrons. The van der Waals surface area contributed by atoms with Crippen LogP contribution in [0.3, 0.4) is 0 Å². The lowest BCUT2D eigenvalue weighted by molar-refractivity contribution is 0.589. The molecule has 0 saturated carbocycles. The maximum Gasteiger partial charge on any atom is 0.155 e.